The molecule has 110 valence electrons. The molecule has 0 bridgehead atoms. The summed E-state index contributed by atoms with van der Waals surface area (Å²) in [6.45, 7) is 0. The van der Waals surface area contributed by atoms with Crippen molar-refractivity contribution in [2.75, 3.05) is 14.2 Å². The van der Waals surface area contributed by atoms with Gasteiger partial charge in [0.25, 0.3) is 0 Å². The van der Waals surface area contributed by atoms with Gasteiger partial charge in [-0.05, 0) is 24.3 Å². The van der Waals surface area contributed by atoms with Gasteiger partial charge in [0.05, 0.1) is 25.5 Å². The Hall–Kier alpha value is -2.93. The van der Waals surface area contributed by atoms with E-state index in [0.29, 0.717) is 17.1 Å². The summed E-state index contributed by atoms with van der Waals surface area (Å²) in [6, 6.07) is 15.9. The van der Waals surface area contributed by atoms with Gasteiger partial charge in [0.15, 0.2) is 11.5 Å². The molecule has 0 radical (unpaired) electrons. The highest BCUT2D eigenvalue weighted by Gasteiger charge is 2.17. The first-order valence-corrected chi connectivity index (χ1v) is 6.91. The van der Waals surface area contributed by atoms with Gasteiger partial charge in [-0.1, -0.05) is 18.2 Å². The van der Waals surface area contributed by atoms with Gasteiger partial charge in [-0.15, -0.1) is 0 Å². The molecule has 3 aromatic rings. The van der Waals surface area contributed by atoms with E-state index >= 15 is 0 Å². The third-order valence-corrected chi connectivity index (χ3v) is 3.88. The second kappa shape index (κ2) is 5.45. The molecule has 0 aliphatic heterocycles. The number of nitrogens with zero attached hydrogens (tertiary/aromatic N) is 2. The van der Waals surface area contributed by atoms with E-state index in [1.807, 2.05) is 54.1 Å². The zero-order valence-corrected chi connectivity index (χ0v) is 12.8. The van der Waals surface area contributed by atoms with Gasteiger partial charge < -0.3 is 14.0 Å². The smallest absolute Gasteiger partial charge is 0.161 e. The molecule has 1 aromatic heterocycles. The monoisotopic (exact) mass is 292 g/mol. The number of rotatable bonds is 3. The lowest BCUT2D eigenvalue weighted by Gasteiger charge is -2.11. The topological polar surface area (TPSA) is 47.2 Å². The fourth-order valence-corrected chi connectivity index (χ4v) is 2.83. The van der Waals surface area contributed by atoms with Gasteiger partial charge >= 0.3 is 0 Å². The highest BCUT2D eigenvalue weighted by molar-refractivity contribution is 5.94. The molecule has 0 atom stereocenters. The molecule has 0 amide bonds. The van der Waals surface area contributed by atoms with Crippen LogP contribution in [0.4, 0.5) is 0 Å². The van der Waals surface area contributed by atoms with E-state index in [2.05, 4.69) is 6.07 Å². The van der Waals surface area contributed by atoms with E-state index in [4.69, 9.17) is 9.47 Å². The van der Waals surface area contributed by atoms with E-state index < -0.39 is 0 Å². The van der Waals surface area contributed by atoms with Crippen LogP contribution in [0.3, 0.4) is 0 Å². The first-order valence-electron chi connectivity index (χ1n) is 6.91. The van der Waals surface area contributed by atoms with E-state index in [9.17, 15) is 5.26 Å². The molecule has 0 N–H and O–H groups in total. The van der Waals surface area contributed by atoms with Crippen molar-refractivity contribution >= 4 is 10.9 Å². The van der Waals surface area contributed by atoms with Crippen LogP contribution in [0.1, 0.15) is 5.56 Å². The normalized spacial score (nSPS) is 10.5. The highest BCUT2D eigenvalue weighted by Crippen LogP contribution is 2.37. The minimum atomic E-state index is 0.647. The minimum Gasteiger partial charge on any atom is -0.493 e. The maximum atomic E-state index is 9.60. The Balaban J connectivity index is 2.31. The van der Waals surface area contributed by atoms with Crippen LogP contribution in [-0.2, 0) is 7.05 Å². The summed E-state index contributed by atoms with van der Waals surface area (Å²) in [5, 5.41) is 10.6. The molecule has 0 saturated heterocycles. The minimum absolute atomic E-state index is 0.647. The summed E-state index contributed by atoms with van der Waals surface area (Å²) in [5.74, 6) is 1.32. The van der Waals surface area contributed by atoms with Gasteiger partial charge in [0, 0.05) is 23.5 Å². The molecule has 3 rings (SSSR count). The molecule has 0 aliphatic rings. The molecule has 1 heterocycles. The van der Waals surface area contributed by atoms with Gasteiger partial charge in [0.1, 0.15) is 6.07 Å². The zero-order chi connectivity index (χ0) is 15.7. The van der Waals surface area contributed by atoms with Crippen LogP contribution >= 0.6 is 0 Å². The van der Waals surface area contributed by atoms with Crippen molar-refractivity contribution in [1.29, 1.82) is 5.26 Å². The Kier molecular flexibility index (Phi) is 3.48. The molecule has 22 heavy (non-hydrogen) atoms. The van der Waals surface area contributed by atoms with Crippen LogP contribution in [0.2, 0.25) is 0 Å². The third kappa shape index (κ3) is 1.99. The van der Waals surface area contributed by atoms with Crippen molar-refractivity contribution in [3.8, 4) is 28.8 Å². The van der Waals surface area contributed by atoms with Crippen LogP contribution in [-0.4, -0.2) is 18.8 Å². The molecular weight excluding hydrogens is 276 g/mol. The third-order valence-electron chi connectivity index (χ3n) is 3.88. The Morgan fingerprint density at radius 3 is 2.41 bits per heavy atom. The Morgan fingerprint density at radius 2 is 1.73 bits per heavy atom. The van der Waals surface area contributed by atoms with E-state index in [1.165, 1.54) is 0 Å². The van der Waals surface area contributed by atoms with Crippen LogP contribution in [0, 0.1) is 11.3 Å². The maximum absolute atomic E-state index is 9.60. The molecule has 4 heteroatoms. The SMILES string of the molecule is COc1ccc(-c2c(C#N)c3ccccc3n2C)cc1OC. The summed E-state index contributed by atoms with van der Waals surface area (Å²) in [4.78, 5) is 0. The highest BCUT2D eigenvalue weighted by atomic mass is 16.5. The van der Waals surface area contributed by atoms with Crippen molar-refractivity contribution in [3.05, 3.63) is 48.0 Å². The Bertz CT molecular complexity index is 888. The standard InChI is InChI=1S/C18H16N2O2/c1-20-15-7-5-4-6-13(15)14(11-19)18(20)12-8-9-16(21-2)17(10-12)22-3/h4-10H,1-3H3. The second-order valence-corrected chi connectivity index (χ2v) is 4.98. The van der Waals surface area contributed by atoms with Crippen molar-refractivity contribution in [1.82, 2.24) is 4.57 Å². The largest absolute Gasteiger partial charge is 0.493 e. The first-order chi connectivity index (χ1) is 10.7. The number of hydrogen-bond donors (Lipinski definition) is 0. The number of nitriles is 1. The predicted molar refractivity (Wildman–Crippen MR) is 86.2 cm³/mol. The van der Waals surface area contributed by atoms with Crippen LogP contribution in [0.15, 0.2) is 42.5 Å². The molecule has 2 aromatic carbocycles. The number of ether oxygens (including phenoxy) is 2. The van der Waals surface area contributed by atoms with E-state index in [1.54, 1.807) is 14.2 Å². The molecule has 4 nitrogen and oxygen atoms in total. The molecule has 0 aliphatic carbocycles. The van der Waals surface area contributed by atoms with Crippen LogP contribution in [0.25, 0.3) is 22.2 Å². The Morgan fingerprint density at radius 1 is 1.00 bits per heavy atom. The van der Waals surface area contributed by atoms with E-state index in [0.717, 1.165) is 22.2 Å². The number of aryl methyl sites for hydroxylation is 1. The van der Waals surface area contributed by atoms with Crippen LogP contribution < -0.4 is 9.47 Å². The van der Waals surface area contributed by atoms with Gasteiger partial charge in [0.2, 0.25) is 0 Å². The average Bonchev–Trinajstić information content (AvgIpc) is 2.86. The van der Waals surface area contributed by atoms with Crippen molar-refractivity contribution < 1.29 is 9.47 Å². The second-order valence-electron chi connectivity index (χ2n) is 4.98. The average molecular weight is 292 g/mol. The predicted octanol–water partition coefficient (Wildman–Crippen LogP) is 3.73. The lowest BCUT2D eigenvalue weighted by molar-refractivity contribution is 0.355. The van der Waals surface area contributed by atoms with Gasteiger partial charge in [-0.2, -0.15) is 5.26 Å². The zero-order valence-electron chi connectivity index (χ0n) is 12.8. The van der Waals surface area contributed by atoms with Crippen molar-refractivity contribution in [2.45, 2.75) is 0 Å². The summed E-state index contributed by atoms with van der Waals surface area (Å²) < 4.78 is 12.7. The summed E-state index contributed by atoms with van der Waals surface area (Å²) in [7, 11) is 5.18. The molecule has 0 fully saturated rings. The lowest BCUT2D eigenvalue weighted by Crippen LogP contribution is -1.95. The maximum Gasteiger partial charge on any atom is 0.161 e. The number of aromatic nitrogens is 1. The number of para-hydroxylation sites is 1. The quantitative estimate of drug-likeness (QED) is 0.739. The molecule has 0 unspecified atom stereocenters. The molecule has 0 spiro atoms. The summed E-state index contributed by atoms with van der Waals surface area (Å²) >= 11 is 0. The number of hydrogen-bond acceptors (Lipinski definition) is 3. The van der Waals surface area contributed by atoms with Crippen molar-refractivity contribution in [3.63, 3.8) is 0 Å². The Labute approximate surface area is 129 Å². The summed E-state index contributed by atoms with van der Waals surface area (Å²) in [5.41, 5.74) is 3.51. The fourth-order valence-electron chi connectivity index (χ4n) is 2.83. The van der Waals surface area contributed by atoms with Gasteiger partial charge in [-0.25, -0.2) is 0 Å². The number of benzene rings is 2. The van der Waals surface area contributed by atoms with Crippen LogP contribution in [0.5, 0.6) is 11.5 Å². The molecular formula is C18H16N2O2. The number of fused-ring (bicyclic) bond motifs is 1. The van der Waals surface area contributed by atoms with Crippen molar-refractivity contribution in [2.24, 2.45) is 7.05 Å². The molecule has 0 saturated carbocycles. The fraction of sp³-hybridized carbons (Fsp3) is 0.167. The lowest BCUT2D eigenvalue weighted by atomic mass is 10.1. The summed E-state index contributed by atoms with van der Waals surface area (Å²) in [6.07, 6.45) is 0. The number of methoxy groups -OCH3 is 2. The van der Waals surface area contributed by atoms with Gasteiger partial charge in [-0.3, -0.25) is 0 Å². The van der Waals surface area contributed by atoms with E-state index in [-0.39, 0.29) is 0 Å². The first kappa shape index (κ1) is 14.0.